The molecule has 0 aromatic carbocycles. The molecular formula is C17H33N3O3. The third kappa shape index (κ3) is 5.11. The smallest absolute Gasteiger partial charge is 0.117 e. The molecule has 3 saturated heterocycles. The zero-order valence-electron chi connectivity index (χ0n) is 14.8. The number of hydrogen-bond donors (Lipinski definition) is 0. The van der Waals surface area contributed by atoms with E-state index in [2.05, 4.69) is 28.8 Å². The van der Waals surface area contributed by atoms with E-state index in [0.29, 0.717) is 5.92 Å². The predicted molar refractivity (Wildman–Crippen MR) is 89.9 cm³/mol. The van der Waals surface area contributed by atoms with E-state index in [-0.39, 0.29) is 5.60 Å². The summed E-state index contributed by atoms with van der Waals surface area (Å²) in [7, 11) is 4.26. The topological polar surface area (TPSA) is 37.4 Å². The third-order valence-corrected chi connectivity index (χ3v) is 5.16. The third-order valence-electron chi connectivity index (χ3n) is 5.16. The van der Waals surface area contributed by atoms with Gasteiger partial charge in [-0.05, 0) is 26.4 Å². The molecule has 0 radical (unpaired) electrons. The molecule has 3 aliphatic heterocycles. The highest BCUT2D eigenvalue weighted by Crippen LogP contribution is 2.24. The van der Waals surface area contributed by atoms with Crippen molar-refractivity contribution in [2.75, 3.05) is 92.9 Å². The lowest BCUT2D eigenvalue weighted by Gasteiger charge is -2.44. The van der Waals surface area contributed by atoms with Gasteiger partial charge in [0.15, 0.2) is 0 Å². The van der Waals surface area contributed by atoms with Gasteiger partial charge in [0.2, 0.25) is 0 Å². The fourth-order valence-electron chi connectivity index (χ4n) is 3.87. The molecule has 0 amide bonds. The molecule has 3 heterocycles. The van der Waals surface area contributed by atoms with Crippen LogP contribution in [-0.2, 0) is 14.2 Å². The van der Waals surface area contributed by atoms with E-state index in [1.165, 1.54) is 6.42 Å². The number of hydrogen-bond acceptors (Lipinski definition) is 6. The van der Waals surface area contributed by atoms with Gasteiger partial charge < -0.3 is 19.1 Å². The highest BCUT2D eigenvalue weighted by Gasteiger charge is 2.40. The molecule has 0 aliphatic carbocycles. The van der Waals surface area contributed by atoms with Crippen molar-refractivity contribution in [2.45, 2.75) is 12.0 Å². The van der Waals surface area contributed by atoms with Crippen LogP contribution in [-0.4, -0.2) is 113 Å². The molecule has 0 bridgehead atoms. The van der Waals surface area contributed by atoms with Crippen molar-refractivity contribution >= 4 is 0 Å². The van der Waals surface area contributed by atoms with Gasteiger partial charge in [-0.15, -0.1) is 0 Å². The Morgan fingerprint density at radius 3 is 2.65 bits per heavy atom. The van der Waals surface area contributed by atoms with Crippen LogP contribution in [0.5, 0.6) is 0 Å². The van der Waals surface area contributed by atoms with Crippen LogP contribution in [0.15, 0.2) is 0 Å². The van der Waals surface area contributed by atoms with Crippen molar-refractivity contribution < 1.29 is 14.2 Å². The number of likely N-dealkylation sites (N-methyl/N-ethyl adjacent to an activating group) is 1. The summed E-state index contributed by atoms with van der Waals surface area (Å²) in [6.07, 6.45) is 1.20. The minimum atomic E-state index is -0.152. The summed E-state index contributed by atoms with van der Waals surface area (Å²) in [5.74, 6) is 0.696. The largest absolute Gasteiger partial charge is 0.381 e. The highest BCUT2D eigenvalue weighted by atomic mass is 16.5. The van der Waals surface area contributed by atoms with Crippen LogP contribution in [0.3, 0.4) is 0 Å². The maximum absolute atomic E-state index is 6.26. The number of ether oxygens (including phenoxy) is 3. The Bertz CT molecular complexity index is 363. The summed E-state index contributed by atoms with van der Waals surface area (Å²) in [5, 5.41) is 0. The van der Waals surface area contributed by atoms with Gasteiger partial charge in [0.25, 0.3) is 0 Å². The predicted octanol–water partition coefficient (Wildman–Crippen LogP) is -0.0123. The molecule has 6 heteroatoms. The number of rotatable bonds is 5. The summed E-state index contributed by atoms with van der Waals surface area (Å²) in [4.78, 5) is 7.32. The van der Waals surface area contributed by atoms with Crippen LogP contribution in [0.4, 0.5) is 0 Å². The molecule has 0 N–H and O–H groups in total. The van der Waals surface area contributed by atoms with E-state index in [1.807, 2.05) is 0 Å². The van der Waals surface area contributed by atoms with Crippen molar-refractivity contribution in [3.63, 3.8) is 0 Å². The summed E-state index contributed by atoms with van der Waals surface area (Å²) < 4.78 is 17.7. The van der Waals surface area contributed by atoms with Crippen molar-refractivity contribution in [1.29, 1.82) is 0 Å². The maximum atomic E-state index is 6.26. The summed E-state index contributed by atoms with van der Waals surface area (Å²) in [6, 6.07) is 0. The first-order valence-corrected chi connectivity index (χ1v) is 9.04. The van der Waals surface area contributed by atoms with Crippen LogP contribution < -0.4 is 0 Å². The van der Waals surface area contributed by atoms with Crippen molar-refractivity contribution in [3.8, 4) is 0 Å². The molecule has 3 rings (SSSR count). The molecule has 0 saturated carbocycles. The Balaban J connectivity index is 1.56. The molecule has 3 aliphatic rings. The van der Waals surface area contributed by atoms with E-state index < -0.39 is 0 Å². The van der Waals surface area contributed by atoms with Gasteiger partial charge in [-0.25, -0.2) is 0 Å². The lowest BCUT2D eigenvalue weighted by atomic mass is 10.00. The average molecular weight is 327 g/mol. The van der Waals surface area contributed by atoms with E-state index >= 15 is 0 Å². The van der Waals surface area contributed by atoms with Crippen LogP contribution in [0, 0.1) is 5.92 Å². The van der Waals surface area contributed by atoms with E-state index in [1.54, 1.807) is 0 Å². The van der Waals surface area contributed by atoms with E-state index in [4.69, 9.17) is 14.2 Å². The minimum Gasteiger partial charge on any atom is -0.381 e. The van der Waals surface area contributed by atoms with Crippen molar-refractivity contribution in [3.05, 3.63) is 0 Å². The first kappa shape index (κ1) is 17.6. The molecule has 2 unspecified atom stereocenters. The maximum Gasteiger partial charge on any atom is 0.117 e. The summed E-state index contributed by atoms with van der Waals surface area (Å²) in [5.41, 5.74) is -0.152. The van der Waals surface area contributed by atoms with E-state index in [9.17, 15) is 0 Å². The number of morpholine rings is 1. The SMILES string of the molecule is CN(C)CCN1CCOCC2(C1)CN(CC1CCOC1)CCO2. The van der Waals surface area contributed by atoms with Crippen LogP contribution in [0.25, 0.3) is 0 Å². The molecule has 0 aromatic heterocycles. The Kier molecular flexibility index (Phi) is 6.29. The van der Waals surface area contributed by atoms with Crippen molar-refractivity contribution in [1.82, 2.24) is 14.7 Å². The van der Waals surface area contributed by atoms with Gasteiger partial charge in [-0.3, -0.25) is 9.80 Å². The van der Waals surface area contributed by atoms with Gasteiger partial charge in [0, 0.05) is 52.4 Å². The van der Waals surface area contributed by atoms with Gasteiger partial charge >= 0.3 is 0 Å². The second kappa shape index (κ2) is 8.23. The second-order valence-electron chi connectivity index (χ2n) is 7.63. The standard InChI is InChI=1S/C17H33N3O3/c1-18(2)4-5-19-6-9-22-15-17(13-19)14-20(7-10-23-17)11-16-3-8-21-12-16/h16H,3-15H2,1-2H3. The van der Waals surface area contributed by atoms with Gasteiger partial charge in [0.05, 0.1) is 26.4 Å². The molecule has 0 aromatic rings. The minimum absolute atomic E-state index is 0.152. The normalized spacial score (nSPS) is 34.3. The zero-order valence-corrected chi connectivity index (χ0v) is 14.8. The molecule has 6 nitrogen and oxygen atoms in total. The average Bonchev–Trinajstić information content (AvgIpc) is 2.94. The lowest BCUT2D eigenvalue weighted by molar-refractivity contribution is -0.143. The second-order valence-corrected chi connectivity index (χ2v) is 7.63. The number of nitrogens with zero attached hydrogens (tertiary/aromatic N) is 3. The first-order valence-electron chi connectivity index (χ1n) is 9.04. The molecule has 23 heavy (non-hydrogen) atoms. The molecule has 1 spiro atoms. The van der Waals surface area contributed by atoms with Crippen LogP contribution in [0.1, 0.15) is 6.42 Å². The Morgan fingerprint density at radius 2 is 1.87 bits per heavy atom. The Labute approximate surface area is 140 Å². The molecule has 3 fully saturated rings. The quantitative estimate of drug-likeness (QED) is 0.707. The highest BCUT2D eigenvalue weighted by molar-refractivity contribution is 4.93. The Hall–Kier alpha value is -0.240. The Morgan fingerprint density at radius 1 is 1.04 bits per heavy atom. The fourth-order valence-corrected chi connectivity index (χ4v) is 3.87. The van der Waals surface area contributed by atoms with E-state index in [0.717, 1.165) is 78.8 Å². The lowest BCUT2D eigenvalue weighted by Crippen LogP contribution is -2.59. The van der Waals surface area contributed by atoms with Gasteiger partial charge in [-0.1, -0.05) is 0 Å². The molecule has 2 atom stereocenters. The summed E-state index contributed by atoms with van der Waals surface area (Å²) in [6.45, 7) is 11.5. The zero-order chi connectivity index (χ0) is 16.1. The molecule has 134 valence electrons. The summed E-state index contributed by atoms with van der Waals surface area (Å²) >= 11 is 0. The fraction of sp³-hybridized carbons (Fsp3) is 1.00. The first-order chi connectivity index (χ1) is 11.2. The molecular weight excluding hydrogens is 294 g/mol. The van der Waals surface area contributed by atoms with Crippen LogP contribution >= 0.6 is 0 Å². The van der Waals surface area contributed by atoms with Crippen molar-refractivity contribution in [2.24, 2.45) is 5.92 Å². The van der Waals surface area contributed by atoms with Crippen LogP contribution in [0.2, 0.25) is 0 Å². The van der Waals surface area contributed by atoms with Gasteiger partial charge in [0.1, 0.15) is 5.60 Å². The monoisotopic (exact) mass is 327 g/mol. The van der Waals surface area contributed by atoms with Gasteiger partial charge in [-0.2, -0.15) is 0 Å².